The molecule has 0 heterocycles. The number of carbonyl (C=O) groups excluding carboxylic acids is 1. The summed E-state index contributed by atoms with van der Waals surface area (Å²) in [7, 11) is 0. The summed E-state index contributed by atoms with van der Waals surface area (Å²) in [5.41, 5.74) is 1.17. The van der Waals surface area contributed by atoms with Crippen molar-refractivity contribution in [2.24, 2.45) is 0 Å². The summed E-state index contributed by atoms with van der Waals surface area (Å²) in [6, 6.07) is 12.9. The minimum Gasteiger partial charge on any atom is -0.465 e. The quantitative estimate of drug-likeness (QED) is 0.622. The fraction of sp³-hybridized carbons (Fsp3) is 0.300. The van der Waals surface area contributed by atoms with Gasteiger partial charge in [-0.15, -0.1) is 0 Å². The Morgan fingerprint density at radius 1 is 1.07 bits per heavy atom. The van der Waals surface area contributed by atoms with Crippen LogP contribution in [0.4, 0.5) is 25.0 Å². The second-order valence-electron chi connectivity index (χ2n) is 7.08. The molecular formula is C20H22F2N2O3S. The van der Waals surface area contributed by atoms with Gasteiger partial charge < -0.3 is 10.4 Å². The third-order valence-corrected chi connectivity index (χ3v) is 4.51. The van der Waals surface area contributed by atoms with Crippen LogP contribution in [0.15, 0.2) is 53.4 Å². The number of alkyl halides is 2. The fourth-order valence-electron chi connectivity index (χ4n) is 2.66. The number of thioether (sulfide) groups is 1. The van der Waals surface area contributed by atoms with Crippen molar-refractivity contribution in [1.29, 1.82) is 0 Å². The lowest BCUT2D eigenvalue weighted by Gasteiger charge is -2.33. The highest BCUT2D eigenvalue weighted by Gasteiger charge is 2.27. The smallest absolute Gasteiger partial charge is 0.412 e. The Labute approximate surface area is 166 Å². The van der Waals surface area contributed by atoms with Gasteiger partial charge in [0.25, 0.3) is 5.76 Å². The first kappa shape index (κ1) is 21.7. The van der Waals surface area contributed by atoms with Crippen molar-refractivity contribution < 1.29 is 23.5 Å². The van der Waals surface area contributed by atoms with Gasteiger partial charge in [0.15, 0.2) is 0 Å². The number of nitrogens with zero attached hydrogens (tertiary/aromatic N) is 1. The molecule has 2 rings (SSSR count). The van der Waals surface area contributed by atoms with Crippen LogP contribution >= 0.6 is 11.8 Å². The van der Waals surface area contributed by atoms with Gasteiger partial charge in [0.05, 0.1) is 6.42 Å². The monoisotopic (exact) mass is 408 g/mol. The summed E-state index contributed by atoms with van der Waals surface area (Å²) >= 11 is 0.444. The molecule has 0 aliphatic heterocycles. The predicted molar refractivity (Wildman–Crippen MR) is 107 cm³/mol. The van der Waals surface area contributed by atoms with Crippen molar-refractivity contribution in [1.82, 2.24) is 0 Å². The van der Waals surface area contributed by atoms with E-state index in [2.05, 4.69) is 5.32 Å². The molecule has 0 spiro atoms. The normalized spacial score (nSPS) is 11.4. The van der Waals surface area contributed by atoms with Crippen molar-refractivity contribution in [3.05, 3.63) is 54.1 Å². The van der Waals surface area contributed by atoms with E-state index in [0.717, 1.165) is 5.56 Å². The van der Waals surface area contributed by atoms with E-state index < -0.39 is 17.4 Å². The number of hydrogen-bond donors (Lipinski definition) is 2. The first-order valence-corrected chi connectivity index (χ1v) is 9.41. The average molecular weight is 408 g/mol. The molecule has 2 aromatic carbocycles. The van der Waals surface area contributed by atoms with Gasteiger partial charge in [-0.05, 0) is 62.7 Å². The molecule has 28 heavy (non-hydrogen) atoms. The molecule has 0 aliphatic carbocycles. The lowest BCUT2D eigenvalue weighted by Crippen LogP contribution is -2.45. The molecule has 0 bridgehead atoms. The van der Waals surface area contributed by atoms with Crippen molar-refractivity contribution in [2.45, 2.75) is 43.4 Å². The van der Waals surface area contributed by atoms with Crippen molar-refractivity contribution in [2.75, 3.05) is 10.2 Å². The molecule has 0 atom stereocenters. The van der Waals surface area contributed by atoms with Gasteiger partial charge in [0, 0.05) is 21.8 Å². The summed E-state index contributed by atoms with van der Waals surface area (Å²) in [6.07, 6.45) is -0.942. The van der Waals surface area contributed by atoms with Gasteiger partial charge in [0.1, 0.15) is 0 Å². The molecule has 0 saturated heterocycles. The lowest BCUT2D eigenvalue weighted by atomic mass is 10.0. The van der Waals surface area contributed by atoms with Gasteiger partial charge in [-0.25, -0.2) is 4.79 Å². The van der Waals surface area contributed by atoms with Gasteiger partial charge in [-0.2, -0.15) is 8.78 Å². The number of hydrogen-bond acceptors (Lipinski definition) is 3. The summed E-state index contributed by atoms with van der Waals surface area (Å²) < 4.78 is 24.6. The number of carbonyl (C=O) groups is 2. The molecule has 8 heteroatoms. The average Bonchev–Trinajstić information content (AvgIpc) is 2.56. The highest BCUT2D eigenvalue weighted by Crippen LogP contribution is 2.27. The van der Waals surface area contributed by atoms with Gasteiger partial charge in [-0.3, -0.25) is 9.69 Å². The Hall–Kier alpha value is -2.61. The molecule has 0 aromatic heterocycles. The highest BCUT2D eigenvalue weighted by molar-refractivity contribution is 7.99. The summed E-state index contributed by atoms with van der Waals surface area (Å²) in [4.78, 5) is 25.4. The maximum atomic E-state index is 12.3. The van der Waals surface area contributed by atoms with Crippen LogP contribution in [0.1, 0.15) is 26.3 Å². The van der Waals surface area contributed by atoms with Crippen LogP contribution in [0.2, 0.25) is 0 Å². The zero-order valence-electron chi connectivity index (χ0n) is 15.8. The number of carboxylic acid groups (broad SMARTS) is 1. The largest absolute Gasteiger partial charge is 0.465 e. The van der Waals surface area contributed by atoms with E-state index in [4.69, 9.17) is 0 Å². The Bertz CT molecular complexity index is 819. The molecule has 2 amide bonds. The summed E-state index contributed by atoms with van der Waals surface area (Å²) in [6.45, 7) is 5.40. The van der Waals surface area contributed by atoms with Crippen LogP contribution in [0.25, 0.3) is 0 Å². The third kappa shape index (κ3) is 6.23. The van der Waals surface area contributed by atoms with Crippen LogP contribution in [0.3, 0.4) is 0 Å². The van der Waals surface area contributed by atoms with E-state index in [-0.39, 0.29) is 12.3 Å². The van der Waals surface area contributed by atoms with E-state index >= 15 is 0 Å². The molecule has 5 nitrogen and oxygen atoms in total. The van der Waals surface area contributed by atoms with Crippen molar-refractivity contribution in [3.63, 3.8) is 0 Å². The van der Waals surface area contributed by atoms with Gasteiger partial charge in [0.2, 0.25) is 5.91 Å². The zero-order chi connectivity index (χ0) is 20.9. The Kier molecular flexibility index (Phi) is 7.01. The zero-order valence-corrected chi connectivity index (χ0v) is 16.6. The van der Waals surface area contributed by atoms with E-state index in [1.807, 2.05) is 0 Å². The number of rotatable bonds is 6. The highest BCUT2D eigenvalue weighted by atomic mass is 32.2. The molecule has 0 saturated carbocycles. The number of halogens is 2. The Balaban J connectivity index is 2.00. The molecule has 0 aliphatic rings. The molecule has 0 unspecified atom stereocenters. The van der Waals surface area contributed by atoms with Crippen molar-refractivity contribution >= 4 is 35.1 Å². The second-order valence-corrected chi connectivity index (χ2v) is 8.15. The first-order valence-electron chi connectivity index (χ1n) is 8.53. The number of benzene rings is 2. The molecule has 0 radical (unpaired) electrons. The molecule has 0 fully saturated rings. The van der Waals surface area contributed by atoms with E-state index in [9.17, 15) is 23.5 Å². The second kappa shape index (κ2) is 9.05. The Morgan fingerprint density at radius 2 is 1.64 bits per heavy atom. The van der Waals surface area contributed by atoms with Crippen LogP contribution < -0.4 is 10.2 Å². The van der Waals surface area contributed by atoms with E-state index in [1.54, 1.807) is 57.2 Å². The number of amides is 2. The fourth-order valence-corrected chi connectivity index (χ4v) is 3.16. The van der Waals surface area contributed by atoms with E-state index in [0.29, 0.717) is 28.0 Å². The van der Waals surface area contributed by atoms with Crippen LogP contribution in [0.5, 0.6) is 0 Å². The summed E-state index contributed by atoms with van der Waals surface area (Å²) in [5, 5.41) is 12.1. The van der Waals surface area contributed by atoms with Crippen LogP contribution in [-0.2, 0) is 11.2 Å². The van der Waals surface area contributed by atoms with Crippen molar-refractivity contribution in [3.8, 4) is 0 Å². The molecule has 2 aromatic rings. The minimum atomic E-state index is -2.49. The predicted octanol–water partition coefficient (Wildman–Crippen LogP) is 5.47. The first-order chi connectivity index (χ1) is 13.1. The summed E-state index contributed by atoms with van der Waals surface area (Å²) in [5.74, 6) is -2.74. The third-order valence-electron chi connectivity index (χ3n) is 3.78. The molecular weight excluding hydrogens is 386 g/mol. The number of nitrogens with one attached hydrogen (secondary N) is 1. The topological polar surface area (TPSA) is 69.6 Å². The van der Waals surface area contributed by atoms with Crippen LogP contribution in [0, 0.1) is 0 Å². The van der Waals surface area contributed by atoms with Gasteiger partial charge in [-0.1, -0.05) is 23.9 Å². The number of anilines is 2. The standard InChI is InChI=1S/C20H22F2N2O3S/c1-20(2,3)24(19(26)27)15-8-4-13(5-9-15)12-17(25)23-14-6-10-16(11-7-14)28-18(21)22/h4-11,18H,12H2,1-3H3,(H,23,25)(H,26,27). The molecule has 150 valence electrons. The maximum Gasteiger partial charge on any atom is 0.412 e. The Morgan fingerprint density at radius 3 is 2.11 bits per heavy atom. The lowest BCUT2D eigenvalue weighted by molar-refractivity contribution is -0.115. The van der Waals surface area contributed by atoms with Crippen LogP contribution in [-0.4, -0.2) is 28.4 Å². The molecule has 2 N–H and O–H groups in total. The van der Waals surface area contributed by atoms with E-state index in [1.165, 1.54) is 17.0 Å². The van der Waals surface area contributed by atoms with Gasteiger partial charge >= 0.3 is 6.09 Å². The minimum absolute atomic E-state index is 0.108. The maximum absolute atomic E-state index is 12.3. The SMILES string of the molecule is CC(C)(C)N(C(=O)O)c1ccc(CC(=O)Nc2ccc(SC(F)F)cc2)cc1.